The fraction of sp³-hybridized carbons (Fsp3) is 0.667. The number of ether oxygens (including phenoxy) is 1. The van der Waals surface area contributed by atoms with Crippen LogP contribution in [0.25, 0.3) is 0 Å². The molecule has 1 saturated heterocycles. The molecule has 0 radical (unpaired) electrons. The van der Waals surface area contributed by atoms with Gasteiger partial charge in [0, 0.05) is 36.5 Å². The molecule has 2 heterocycles. The van der Waals surface area contributed by atoms with E-state index in [0.29, 0.717) is 12.0 Å². The molecule has 1 aromatic rings. The van der Waals surface area contributed by atoms with Crippen molar-refractivity contribution in [1.29, 1.82) is 0 Å². The van der Waals surface area contributed by atoms with Gasteiger partial charge < -0.3 is 10.5 Å². The smallest absolute Gasteiger partial charge is 0.128 e. The number of likely N-dealkylation sites (tertiary alicyclic amines) is 1. The van der Waals surface area contributed by atoms with Crippen LogP contribution in [0, 0.1) is 19.8 Å². The molecule has 0 amide bonds. The third-order valence-corrected chi connectivity index (χ3v) is 4.23. The van der Waals surface area contributed by atoms with E-state index in [1.165, 1.54) is 6.42 Å². The van der Waals surface area contributed by atoms with Crippen LogP contribution < -0.4 is 10.5 Å². The zero-order valence-corrected chi connectivity index (χ0v) is 14.9. The summed E-state index contributed by atoms with van der Waals surface area (Å²) >= 11 is 0. The first-order valence-electron chi connectivity index (χ1n) is 7.00. The van der Waals surface area contributed by atoms with E-state index in [9.17, 15) is 0 Å². The van der Waals surface area contributed by atoms with Crippen molar-refractivity contribution in [3.63, 3.8) is 0 Å². The summed E-state index contributed by atoms with van der Waals surface area (Å²) < 4.78 is 5.47. The summed E-state index contributed by atoms with van der Waals surface area (Å²) in [5.41, 5.74) is 9.16. The molecule has 0 spiro atoms. The van der Waals surface area contributed by atoms with Gasteiger partial charge in [-0.15, -0.1) is 24.8 Å². The van der Waals surface area contributed by atoms with Crippen molar-refractivity contribution < 1.29 is 4.74 Å². The van der Waals surface area contributed by atoms with E-state index in [1.54, 1.807) is 7.11 Å². The predicted molar refractivity (Wildman–Crippen MR) is 91.8 cm³/mol. The molecule has 122 valence electrons. The Balaban J connectivity index is 0.00000200. The first-order valence-corrected chi connectivity index (χ1v) is 7.00. The molecule has 1 aliphatic heterocycles. The molecule has 2 N–H and O–H groups in total. The Morgan fingerprint density at radius 1 is 1.38 bits per heavy atom. The van der Waals surface area contributed by atoms with Gasteiger partial charge in [-0.1, -0.05) is 0 Å². The lowest BCUT2D eigenvalue weighted by molar-refractivity contribution is 0.251. The third kappa shape index (κ3) is 4.46. The number of methoxy groups -OCH3 is 1. The molecule has 6 heteroatoms. The topological polar surface area (TPSA) is 51.4 Å². The maximum Gasteiger partial charge on any atom is 0.128 e. The van der Waals surface area contributed by atoms with Gasteiger partial charge in [0.25, 0.3) is 0 Å². The lowest BCUT2D eigenvalue weighted by Crippen LogP contribution is -2.28. The van der Waals surface area contributed by atoms with Gasteiger partial charge in [-0.3, -0.25) is 9.88 Å². The normalized spacial score (nSPS) is 21.6. The molecule has 1 aliphatic rings. The van der Waals surface area contributed by atoms with Gasteiger partial charge in [0.05, 0.1) is 12.8 Å². The monoisotopic (exact) mass is 335 g/mol. The summed E-state index contributed by atoms with van der Waals surface area (Å²) in [4.78, 5) is 7.06. The Morgan fingerprint density at radius 2 is 2.05 bits per heavy atom. The van der Waals surface area contributed by atoms with Crippen molar-refractivity contribution in [2.45, 2.75) is 39.8 Å². The highest BCUT2D eigenvalue weighted by Gasteiger charge is 2.28. The number of hydrogen-bond donors (Lipinski definition) is 1. The maximum absolute atomic E-state index is 5.78. The van der Waals surface area contributed by atoms with Crippen molar-refractivity contribution in [2.24, 2.45) is 11.7 Å². The number of rotatable bonds is 4. The van der Waals surface area contributed by atoms with Crippen LogP contribution in [-0.4, -0.2) is 36.1 Å². The van der Waals surface area contributed by atoms with Crippen LogP contribution >= 0.6 is 24.8 Å². The lowest BCUT2D eigenvalue weighted by Gasteiger charge is -2.22. The van der Waals surface area contributed by atoms with Gasteiger partial charge in [-0.25, -0.2) is 0 Å². The molecular formula is C15H27Cl2N3O. The number of pyridine rings is 1. The van der Waals surface area contributed by atoms with E-state index in [1.807, 2.05) is 13.1 Å². The van der Waals surface area contributed by atoms with E-state index in [0.717, 1.165) is 42.2 Å². The van der Waals surface area contributed by atoms with Crippen LogP contribution in [-0.2, 0) is 6.54 Å². The van der Waals surface area contributed by atoms with E-state index in [2.05, 4.69) is 23.7 Å². The number of halogens is 2. The number of aromatic nitrogens is 1. The zero-order valence-electron chi connectivity index (χ0n) is 13.3. The average molecular weight is 336 g/mol. The number of nitrogens with zero attached hydrogens (tertiary/aromatic N) is 2. The van der Waals surface area contributed by atoms with Crippen LogP contribution in [0.5, 0.6) is 5.75 Å². The van der Waals surface area contributed by atoms with Crippen LogP contribution in [0.15, 0.2) is 6.20 Å². The van der Waals surface area contributed by atoms with E-state index in [4.69, 9.17) is 10.5 Å². The second kappa shape index (κ2) is 8.79. The Morgan fingerprint density at radius 3 is 2.57 bits per heavy atom. The first-order chi connectivity index (χ1) is 9.06. The van der Waals surface area contributed by atoms with Crippen molar-refractivity contribution >= 4 is 24.8 Å². The first kappa shape index (κ1) is 20.5. The second-order valence-electron chi connectivity index (χ2n) is 5.66. The second-order valence-corrected chi connectivity index (χ2v) is 5.66. The van der Waals surface area contributed by atoms with Crippen molar-refractivity contribution in [3.05, 3.63) is 23.0 Å². The summed E-state index contributed by atoms with van der Waals surface area (Å²) in [7, 11) is 1.72. The third-order valence-electron chi connectivity index (χ3n) is 4.23. The largest absolute Gasteiger partial charge is 0.496 e. The predicted octanol–water partition coefficient (Wildman–Crippen LogP) is 2.72. The number of aryl methyl sites for hydroxylation is 1. The highest BCUT2D eigenvalue weighted by Crippen LogP contribution is 2.28. The fourth-order valence-electron chi connectivity index (χ4n) is 3.03. The molecule has 2 atom stereocenters. The van der Waals surface area contributed by atoms with Crippen LogP contribution in [0.3, 0.4) is 0 Å². The van der Waals surface area contributed by atoms with Gasteiger partial charge in [0.1, 0.15) is 5.75 Å². The quantitative estimate of drug-likeness (QED) is 0.919. The highest BCUT2D eigenvalue weighted by molar-refractivity contribution is 5.85. The summed E-state index contributed by atoms with van der Waals surface area (Å²) in [5.74, 6) is 1.59. The summed E-state index contributed by atoms with van der Waals surface area (Å²) in [6.07, 6.45) is 3.10. The molecule has 0 saturated carbocycles. The fourth-order valence-corrected chi connectivity index (χ4v) is 3.03. The molecule has 2 unspecified atom stereocenters. The number of hydrogen-bond acceptors (Lipinski definition) is 4. The zero-order chi connectivity index (χ0) is 14.0. The Kier molecular flexibility index (Phi) is 8.56. The Labute approximate surface area is 140 Å². The van der Waals surface area contributed by atoms with Gasteiger partial charge in [0.2, 0.25) is 0 Å². The molecule has 4 nitrogen and oxygen atoms in total. The van der Waals surface area contributed by atoms with E-state index < -0.39 is 0 Å². The molecule has 0 aromatic carbocycles. The minimum absolute atomic E-state index is 0. The van der Waals surface area contributed by atoms with Gasteiger partial charge in [-0.2, -0.15) is 0 Å². The Hall–Kier alpha value is -0.550. The Bertz CT molecular complexity index is 457. The van der Waals surface area contributed by atoms with Gasteiger partial charge in [0.15, 0.2) is 0 Å². The minimum Gasteiger partial charge on any atom is -0.496 e. The van der Waals surface area contributed by atoms with Crippen molar-refractivity contribution in [1.82, 2.24) is 9.88 Å². The summed E-state index contributed by atoms with van der Waals surface area (Å²) in [6.45, 7) is 9.15. The highest BCUT2D eigenvalue weighted by atomic mass is 35.5. The standard InChI is InChI=1S/C15H25N3O.2ClH/c1-10-7-17-14(12(3)15(10)19-4)9-18-8-13(6-16)5-11(18)2;;/h7,11,13H,5-6,8-9,16H2,1-4H3;2*1H. The molecule has 21 heavy (non-hydrogen) atoms. The molecule has 0 aliphatic carbocycles. The van der Waals surface area contributed by atoms with Gasteiger partial charge in [-0.05, 0) is 39.7 Å². The van der Waals surface area contributed by atoms with Crippen LogP contribution in [0.1, 0.15) is 30.2 Å². The lowest BCUT2D eigenvalue weighted by atomic mass is 10.1. The summed E-state index contributed by atoms with van der Waals surface area (Å²) in [5, 5.41) is 0. The molecule has 1 fully saturated rings. The molecule has 1 aromatic heterocycles. The SMILES string of the molecule is COc1c(C)cnc(CN2CC(CN)CC2C)c1C.Cl.Cl. The minimum atomic E-state index is 0. The average Bonchev–Trinajstić information content (AvgIpc) is 2.74. The van der Waals surface area contributed by atoms with E-state index in [-0.39, 0.29) is 24.8 Å². The number of nitrogens with two attached hydrogens (primary N) is 1. The van der Waals surface area contributed by atoms with E-state index >= 15 is 0 Å². The van der Waals surface area contributed by atoms with Crippen LogP contribution in [0.2, 0.25) is 0 Å². The molecule has 2 rings (SSSR count). The van der Waals surface area contributed by atoms with Crippen molar-refractivity contribution in [2.75, 3.05) is 20.2 Å². The summed E-state index contributed by atoms with van der Waals surface area (Å²) in [6, 6.07) is 0.585. The van der Waals surface area contributed by atoms with Crippen molar-refractivity contribution in [3.8, 4) is 5.75 Å². The molecular weight excluding hydrogens is 309 g/mol. The van der Waals surface area contributed by atoms with Crippen LogP contribution in [0.4, 0.5) is 0 Å². The molecule has 0 bridgehead atoms. The maximum atomic E-state index is 5.78. The van der Waals surface area contributed by atoms with Gasteiger partial charge >= 0.3 is 0 Å².